The Morgan fingerprint density at radius 3 is 2.50 bits per heavy atom. The average molecular weight is 291 g/mol. The van der Waals surface area contributed by atoms with Gasteiger partial charge in [0.05, 0.1) is 5.71 Å². The maximum Gasteiger partial charge on any atom is 0.616 e. The van der Waals surface area contributed by atoms with E-state index < -0.39 is 6.55 Å². The van der Waals surface area contributed by atoms with Crippen molar-refractivity contribution < 1.29 is 8.63 Å². The number of hydrogen-bond donors (Lipinski definition) is 1. The van der Waals surface area contributed by atoms with E-state index in [-0.39, 0.29) is 16.8 Å². The molecule has 0 amide bonds. The van der Waals surface area contributed by atoms with Crippen molar-refractivity contribution in [3.63, 3.8) is 0 Å². The summed E-state index contributed by atoms with van der Waals surface area (Å²) < 4.78 is 24.1. The van der Waals surface area contributed by atoms with Gasteiger partial charge in [-0.3, -0.25) is 8.63 Å². The first-order valence-corrected chi connectivity index (χ1v) is 6.76. The quantitative estimate of drug-likeness (QED) is 0.407. The van der Waals surface area contributed by atoms with Crippen molar-refractivity contribution in [1.29, 1.82) is 0 Å². The Bertz CT molecular complexity index is 673. The minimum absolute atomic E-state index is 0.181. The van der Waals surface area contributed by atoms with Crippen molar-refractivity contribution in [2.75, 3.05) is 0 Å². The van der Waals surface area contributed by atoms with Crippen molar-refractivity contribution in [2.45, 2.75) is 6.92 Å². The van der Waals surface area contributed by atoms with Gasteiger partial charge in [-0.05, 0) is 29.3 Å². The lowest BCUT2D eigenvalue weighted by molar-refractivity contribution is 0.701. The third-order valence-electron chi connectivity index (χ3n) is 2.68. The SMILES string of the molecule is CC(=NN=C(N)SB(F)F)c1ccc2ccccc2c1. The smallest absolute Gasteiger partial charge is 0.377 e. The van der Waals surface area contributed by atoms with Gasteiger partial charge in [-0.2, -0.15) is 5.10 Å². The number of nitrogens with two attached hydrogens (primary N) is 1. The molecule has 2 rings (SSSR count). The molecule has 3 nitrogen and oxygen atoms in total. The van der Waals surface area contributed by atoms with E-state index in [0.29, 0.717) is 5.71 Å². The Kier molecular flexibility index (Phi) is 4.73. The molecule has 0 saturated heterocycles. The van der Waals surface area contributed by atoms with E-state index >= 15 is 0 Å². The van der Waals surface area contributed by atoms with Gasteiger partial charge in [0.1, 0.15) is 0 Å². The maximum atomic E-state index is 12.1. The Hall–Kier alpha value is -1.89. The first-order chi connectivity index (χ1) is 9.56. The van der Waals surface area contributed by atoms with E-state index in [1.54, 1.807) is 6.92 Å². The second-order valence-corrected chi connectivity index (χ2v) is 5.07. The molecule has 0 aromatic heterocycles. The Morgan fingerprint density at radius 2 is 1.80 bits per heavy atom. The molecule has 0 saturated carbocycles. The summed E-state index contributed by atoms with van der Waals surface area (Å²) in [6, 6.07) is 13.8. The molecule has 2 aromatic rings. The van der Waals surface area contributed by atoms with E-state index in [9.17, 15) is 8.63 Å². The second kappa shape index (κ2) is 6.52. The van der Waals surface area contributed by atoms with Crippen molar-refractivity contribution in [2.24, 2.45) is 15.9 Å². The van der Waals surface area contributed by atoms with Crippen LogP contribution >= 0.6 is 11.6 Å². The van der Waals surface area contributed by atoms with Crippen LogP contribution in [0.1, 0.15) is 12.5 Å². The highest BCUT2D eigenvalue weighted by Gasteiger charge is 2.15. The van der Waals surface area contributed by atoms with Gasteiger partial charge in [-0.1, -0.05) is 48.0 Å². The van der Waals surface area contributed by atoms with Gasteiger partial charge >= 0.3 is 6.55 Å². The number of amidine groups is 1. The molecular formula is C13H12BF2N3S. The topological polar surface area (TPSA) is 50.7 Å². The maximum absolute atomic E-state index is 12.1. The van der Waals surface area contributed by atoms with Gasteiger partial charge in [0.15, 0.2) is 5.17 Å². The van der Waals surface area contributed by atoms with E-state index in [2.05, 4.69) is 10.2 Å². The van der Waals surface area contributed by atoms with Crippen molar-refractivity contribution in [3.8, 4) is 0 Å². The van der Waals surface area contributed by atoms with Crippen LogP contribution in [0.5, 0.6) is 0 Å². The molecule has 0 aliphatic rings. The summed E-state index contributed by atoms with van der Waals surface area (Å²) in [7, 11) is 0. The van der Waals surface area contributed by atoms with E-state index in [1.807, 2.05) is 42.5 Å². The molecule has 0 aliphatic heterocycles. The minimum Gasteiger partial charge on any atom is -0.377 e. The van der Waals surface area contributed by atoms with Crippen LogP contribution in [-0.4, -0.2) is 17.4 Å². The van der Waals surface area contributed by atoms with Gasteiger partial charge < -0.3 is 5.73 Å². The highest BCUT2D eigenvalue weighted by Crippen LogP contribution is 2.16. The summed E-state index contributed by atoms with van der Waals surface area (Å²) in [6.07, 6.45) is 0. The predicted molar refractivity (Wildman–Crippen MR) is 83.3 cm³/mol. The lowest BCUT2D eigenvalue weighted by Gasteiger charge is -2.02. The molecule has 0 atom stereocenters. The van der Waals surface area contributed by atoms with E-state index in [0.717, 1.165) is 16.3 Å². The van der Waals surface area contributed by atoms with Crippen molar-refractivity contribution in [3.05, 3.63) is 48.0 Å². The van der Waals surface area contributed by atoms with Crippen LogP contribution in [0, 0.1) is 0 Å². The predicted octanol–water partition coefficient (Wildman–Crippen LogP) is 3.54. The molecular weight excluding hydrogens is 279 g/mol. The van der Waals surface area contributed by atoms with Crippen LogP contribution in [0.2, 0.25) is 0 Å². The fraction of sp³-hybridized carbons (Fsp3) is 0.0769. The van der Waals surface area contributed by atoms with Crippen molar-refractivity contribution in [1.82, 2.24) is 0 Å². The molecule has 0 fully saturated rings. The number of nitrogens with zero attached hydrogens (tertiary/aromatic N) is 2. The summed E-state index contributed by atoms with van der Waals surface area (Å²) in [4.78, 5) is 0. The zero-order valence-corrected chi connectivity index (χ0v) is 11.6. The molecule has 0 unspecified atom stereocenters. The standard InChI is InChI=1S/C13H12BF2N3S/c1-9(18-19-13(17)20-14(15)16)11-7-6-10-4-2-3-5-12(10)8-11/h2-8H,1H3,(H2,17,19). The van der Waals surface area contributed by atoms with Crippen LogP contribution < -0.4 is 5.73 Å². The number of hydrogen-bond acceptors (Lipinski definition) is 3. The average Bonchev–Trinajstić information content (AvgIpc) is 2.43. The highest BCUT2D eigenvalue weighted by molar-refractivity contribution is 8.35. The lowest BCUT2D eigenvalue weighted by Crippen LogP contribution is -2.10. The fourth-order valence-electron chi connectivity index (χ4n) is 1.71. The zero-order chi connectivity index (χ0) is 14.5. The fourth-order valence-corrected chi connectivity index (χ4v) is 1.98. The van der Waals surface area contributed by atoms with Gasteiger partial charge in [0.2, 0.25) is 0 Å². The first kappa shape index (κ1) is 14.5. The summed E-state index contributed by atoms with van der Waals surface area (Å²) >= 11 is 0.181. The summed E-state index contributed by atoms with van der Waals surface area (Å²) in [6.45, 7) is -0.830. The third-order valence-corrected chi connectivity index (χ3v) is 3.18. The molecule has 0 radical (unpaired) electrons. The zero-order valence-electron chi connectivity index (χ0n) is 10.8. The highest BCUT2D eigenvalue weighted by atomic mass is 32.2. The van der Waals surface area contributed by atoms with Gasteiger partial charge in [0.25, 0.3) is 0 Å². The molecule has 102 valence electrons. The largest absolute Gasteiger partial charge is 0.616 e. The second-order valence-electron chi connectivity index (χ2n) is 4.06. The van der Waals surface area contributed by atoms with Gasteiger partial charge in [-0.15, -0.1) is 5.10 Å². The molecule has 2 N–H and O–H groups in total. The molecule has 0 aliphatic carbocycles. The number of fused-ring (bicyclic) bond motifs is 1. The normalized spacial score (nSPS) is 12.8. The Morgan fingerprint density at radius 1 is 1.10 bits per heavy atom. The van der Waals surface area contributed by atoms with Crippen LogP contribution in [-0.2, 0) is 0 Å². The van der Waals surface area contributed by atoms with Crippen LogP contribution in [0.3, 0.4) is 0 Å². The summed E-state index contributed by atoms with van der Waals surface area (Å²) in [5.41, 5.74) is 6.81. The number of halogens is 2. The van der Waals surface area contributed by atoms with Crippen LogP contribution in [0.15, 0.2) is 52.7 Å². The van der Waals surface area contributed by atoms with E-state index in [4.69, 9.17) is 5.73 Å². The van der Waals surface area contributed by atoms with Gasteiger partial charge in [-0.25, -0.2) is 0 Å². The molecule has 2 aromatic carbocycles. The van der Waals surface area contributed by atoms with Gasteiger partial charge in [0, 0.05) is 0 Å². The van der Waals surface area contributed by atoms with Crippen LogP contribution in [0.25, 0.3) is 10.8 Å². The molecule has 0 spiro atoms. The third kappa shape index (κ3) is 3.80. The van der Waals surface area contributed by atoms with E-state index in [1.165, 1.54) is 0 Å². The minimum atomic E-state index is -2.59. The first-order valence-electron chi connectivity index (χ1n) is 5.88. The lowest BCUT2D eigenvalue weighted by atomic mass is 10.0. The summed E-state index contributed by atoms with van der Waals surface area (Å²) in [5, 5.41) is 9.42. The Labute approximate surface area is 120 Å². The Balaban J connectivity index is 2.24. The molecule has 7 heteroatoms. The number of rotatable bonds is 3. The molecule has 0 bridgehead atoms. The summed E-state index contributed by atoms with van der Waals surface area (Å²) in [5.74, 6) is 0. The van der Waals surface area contributed by atoms with Crippen molar-refractivity contribution >= 4 is 39.8 Å². The molecule has 0 heterocycles. The molecule has 20 heavy (non-hydrogen) atoms. The number of benzene rings is 2. The monoisotopic (exact) mass is 291 g/mol. The van der Waals surface area contributed by atoms with Crippen LogP contribution in [0.4, 0.5) is 8.63 Å².